The summed E-state index contributed by atoms with van der Waals surface area (Å²) in [6.45, 7) is 6.79. The summed E-state index contributed by atoms with van der Waals surface area (Å²) in [5.41, 5.74) is 6.55. The molecule has 0 bridgehead atoms. The molecule has 1 aromatic carbocycles. The Kier molecular flexibility index (Phi) is 5.45. The molecule has 0 amide bonds. The summed E-state index contributed by atoms with van der Waals surface area (Å²) >= 11 is 6.10. The first kappa shape index (κ1) is 14.6. The molecule has 1 saturated heterocycles. The molecule has 0 aromatic heterocycles. The first-order valence-electron chi connectivity index (χ1n) is 6.68. The van der Waals surface area contributed by atoms with Crippen molar-refractivity contribution in [3.05, 3.63) is 28.8 Å². The standard InChI is InChI=1S/C14H21ClN2O2/c1-2-17-6-7-18-11(9-17)10-19-14-5-3-4-13(15)12(14)8-16/h3-5,11H,2,6-10,16H2,1H3. The van der Waals surface area contributed by atoms with Crippen molar-refractivity contribution >= 4 is 11.6 Å². The molecule has 2 N–H and O–H groups in total. The number of ether oxygens (including phenoxy) is 2. The van der Waals surface area contributed by atoms with Gasteiger partial charge in [-0.3, -0.25) is 4.90 Å². The van der Waals surface area contributed by atoms with Crippen LogP contribution in [0.2, 0.25) is 5.02 Å². The van der Waals surface area contributed by atoms with Crippen molar-refractivity contribution in [3.8, 4) is 5.75 Å². The van der Waals surface area contributed by atoms with Crippen LogP contribution in [0.5, 0.6) is 5.75 Å². The van der Waals surface area contributed by atoms with E-state index in [4.69, 9.17) is 26.8 Å². The third kappa shape index (κ3) is 3.83. The van der Waals surface area contributed by atoms with Crippen molar-refractivity contribution in [2.75, 3.05) is 32.8 Å². The highest BCUT2D eigenvalue weighted by Crippen LogP contribution is 2.26. The lowest BCUT2D eigenvalue weighted by molar-refractivity contribution is -0.0465. The normalized spacial score (nSPS) is 20.5. The number of nitrogens with two attached hydrogens (primary N) is 1. The summed E-state index contributed by atoms with van der Waals surface area (Å²) in [6.07, 6.45) is 0.110. The van der Waals surface area contributed by atoms with E-state index in [1.165, 1.54) is 0 Å². The second-order valence-corrected chi connectivity index (χ2v) is 5.02. The fourth-order valence-corrected chi connectivity index (χ4v) is 2.47. The molecule has 106 valence electrons. The zero-order valence-electron chi connectivity index (χ0n) is 11.3. The molecule has 0 spiro atoms. The topological polar surface area (TPSA) is 47.7 Å². The van der Waals surface area contributed by atoms with Crippen LogP contribution in [-0.2, 0) is 11.3 Å². The predicted molar refractivity (Wildman–Crippen MR) is 76.7 cm³/mol. The van der Waals surface area contributed by atoms with E-state index in [1.54, 1.807) is 0 Å². The molecule has 0 aliphatic carbocycles. The molecule has 1 fully saturated rings. The highest BCUT2D eigenvalue weighted by Gasteiger charge is 2.20. The monoisotopic (exact) mass is 284 g/mol. The first-order chi connectivity index (χ1) is 9.24. The Morgan fingerprint density at radius 2 is 2.37 bits per heavy atom. The lowest BCUT2D eigenvalue weighted by atomic mass is 10.2. The largest absolute Gasteiger partial charge is 0.490 e. The second kappa shape index (κ2) is 7.10. The van der Waals surface area contributed by atoms with Gasteiger partial charge in [0.05, 0.1) is 6.61 Å². The van der Waals surface area contributed by atoms with Crippen molar-refractivity contribution in [2.24, 2.45) is 5.73 Å². The number of rotatable bonds is 5. The summed E-state index contributed by atoms with van der Waals surface area (Å²) < 4.78 is 11.5. The molecule has 0 saturated carbocycles. The maximum absolute atomic E-state index is 6.10. The zero-order chi connectivity index (χ0) is 13.7. The van der Waals surface area contributed by atoms with Gasteiger partial charge in [-0.15, -0.1) is 0 Å². The Morgan fingerprint density at radius 1 is 1.53 bits per heavy atom. The Labute approximate surface area is 119 Å². The van der Waals surface area contributed by atoms with Gasteiger partial charge < -0.3 is 15.2 Å². The minimum absolute atomic E-state index is 0.110. The van der Waals surface area contributed by atoms with Gasteiger partial charge in [0.1, 0.15) is 18.5 Å². The molecule has 1 heterocycles. The highest BCUT2D eigenvalue weighted by molar-refractivity contribution is 6.31. The van der Waals surface area contributed by atoms with Gasteiger partial charge in [-0.25, -0.2) is 0 Å². The van der Waals surface area contributed by atoms with Crippen molar-refractivity contribution in [2.45, 2.75) is 19.6 Å². The van der Waals surface area contributed by atoms with Gasteiger partial charge >= 0.3 is 0 Å². The first-order valence-corrected chi connectivity index (χ1v) is 7.06. The molecule has 2 rings (SSSR count). The van der Waals surface area contributed by atoms with Crippen molar-refractivity contribution < 1.29 is 9.47 Å². The molecule has 1 aromatic rings. The molecular weight excluding hydrogens is 264 g/mol. The molecule has 0 radical (unpaired) electrons. The Hall–Kier alpha value is -0.810. The number of nitrogens with zero attached hydrogens (tertiary/aromatic N) is 1. The van der Waals surface area contributed by atoms with Crippen LogP contribution in [0, 0.1) is 0 Å². The average Bonchev–Trinajstić information content (AvgIpc) is 2.45. The molecule has 1 aliphatic rings. The smallest absolute Gasteiger partial charge is 0.125 e. The highest BCUT2D eigenvalue weighted by atomic mass is 35.5. The second-order valence-electron chi connectivity index (χ2n) is 4.62. The SMILES string of the molecule is CCN1CCOC(COc2cccc(Cl)c2CN)C1. The third-order valence-corrected chi connectivity index (χ3v) is 3.73. The number of hydrogen-bond donors (Lipinski definition) is 1. The van der Waals surface area contributed by atoms with Gasteiger partial charge in [0, 0.05) is 30.2 Å². The van der Waals surface area contributed by atoms with Crippen LogP contribution in [0.1, 0.15) is 12.5 Å². The van der Waals surface area contributed by atoms with E-state index in [0.717, 1.165) is 37.6 Å². The van der Waals surface area contributed by atoms with Crippen molar-refractivity contribution in [1.29, 1.82) is 0 Å². The van der Waals surface area contributed by atoms with Crippen LogP contribution in [-0.4, -0.2) is 43.9 Å². The van der Waals surface area contributed by atoms with Crippen LogP contribution >= 0.6 is 11.6 Å². The molecule has 4 nitrogen and oxygen atoms in total. The molecule has 1 aliphatic heterocycles. The Balaban J connectivity index is 1.93. The quantitative estimate of drug-likeness (QED) is 0.897. The molecule has 1 atom stereocenters. The summed E-state index contributed by atoms with van der Waals surface area (Å²) in [6, 6.07) is 5.60. The molecule has 19 heavy (non-hydrogen) atoms. The van der Waals surface area contributed by atoms with Crippen LogP contribution in [0.15, 0.2) is 18.2 Å². The van der Waals surface area contributed by atoms with E-state index in [1.807, 2.05) is 18.2 Å². The van der Waals surface area contributed by atoms with Gasteiger partial charge in [-0.1, -0.05) is 24.6 Å². The third-order valence-electron chi connectivity index (χ3n) is 3.37. The van der Waals surface area contributed by atoms with Gasteiger partial charge in [0.2, 0.25) is 0 Å². The lowest BCUT2D eigenvalue weighted by Crippen LogP contribution is -2.44. The fraction of sp³-hybridized carbons (Fsp3) is 0.571. The lowest BCUT2D eigenvalue weighted by Gasteiger charge is -2.32. The van der Waals surface area contributed by atoms with Crippen molar-refractivity contribution in [3.63, 3.8) is 0 Å². The van der Waals surface area contributed by atoms with Gasteiger partial charge in [0.25, 0.3) is 0 Å². The summed E-state index contributed by atoms with van der Waals surface area (Å²) in [4.78, 5) is 2.36. The van der Waals surface area contributed by atoms with Crippen LogP contribution < -0.4 is 10.5 Å². The maximum atomic E-state index is 6.10. The fourth-order valence-electron chi connectivity index (χ4n) is 2.22. The van der Waals surface area contributed by atoms with Crippen LogP contribution in [0.25, 0.3) is 0 Å². The molecular formula is C14H21ClN2O2. The van der Waals surface area contributed by atoms with Crippen molar-refractivity contribution in [1.82, 2.24) is 4.90 Å². The Bertz CT molecular complexity index is 414. The van der Waals surface area contributed by atoms with Crippen LogP contribution in [0.4, 0.5) is 0 Å². The van der Waals surface area contributed by atoms with Crippen LogP contribution in [0.3, 0.4) is 0 Å². The van der Waals surface area contributed by atoms with Gasteiger partial charge in [-0.05, 0) is 18.7 Å². The summed E-state index contributed by atoms with van der Waals surface area (Å²) in [5.74, 6) is 0.757. The van der Waals surface area contributed by atoms with E-state index in [9.17, 15) is 0 Å². The van der Waals surface area contributed by atoms with E-state index < -0.39 is 0 Å². The van der Waals surface area contributed by atoms with E-state index >= 15 is 0 Å². The number of likely N-dealkylation sites (N-methyl/N-ethyl adjacent to an activating group) is 1. The average molecular weight is 285 g/mol. The van der Waals surface area contributed by atoms with Gasteiger partial charge in [-0.2, -0.15) is 0 Å². The number of hydrogen-bond acceptors (Lipinski definition) is 4. The summed E-state index contributed by atoms with van der Waals surface area (Å²) in [7, 11) is 0. The number of halogens is 1. The molecule has 5 heteroatoms. The molecule has 1 unspecified atom stereocenters. The minimum atomic E-state index is 0.110. The maximum Gasteiger partial charge on any atom is 0.125 e. The van der Waals surface area contributed by atoms with E-state index in [0.29, 0.717) is 18.2 Å². The number of morpholine rings is 1. The zero-order valence-corrected chi connectivity index (χ0v) is 12.0. The minimum Gasteiger partial charge on any atom is -0.490 e. The summed E-state index contributed by atoms with van der Waals surface area (Å²) in [5, 5.41) is 0.653. The van der Waals surface area contributed by atoms with Gasteiger partial charge in [0.15, 0.2) is 0 Å². The predicted octanol–water partition coefficient (Wildman–Crippen LogP) is 1.90. The van der Waals surface area contributed by atoms with E-state index in [-0.39, 0.29) is 6.10 Å². The number of benzene rings is 1. The van der Waals surface area contributed by atoms with E-state index in [2.05, 4.69) is 11.8 Å². The Morgan fingerprint density at radius 3 is 3.11 bits per heavy atom.